The van der Waals surface area contributed by atoms with Crippen molar-refractivity contribution in [2.45, 2.75) is 19.9 Å². The number of hydrogen-bond donors (Lipinski definition) is 2. The molecule has 3 heterocycles. The van der Waals surface area contributed by atoms with Crippen molar-refractivity contribution in [2.24, 2.45) is 0 Å². The molecule has 0 saturated carbocycles. The highest BCUT2D eigenvalue weighted by Gasteiger charge is 2.33. The van der Waals surface area contributed by atoms with Gasteiger partial charge >= 0.3 is 0 Å². The van der Waals surface area contributed by atoms with E-state index in [9.17, 15) is 4.79 Å². The van der Waals surface area contributed by atoms with Crippen molar-refractivity contribution in [3.8, 4) is 0 Å². The standard InChI is InChI=1S/C19H18N6O/c1-12-6-3-4-8-15(12)24-18(26)16-13(2)23-19-21-11-22-25(19)17(16)14-7-5-9-20-10-14/h3-11,17H,1-2H3,(H,24,26)(H,21,22,23)/t17-/m0/s1. The lowest BCUT2D eigenvalue weighted by atomic mass is 9.96. The number of carbonyl (C=O) groups is 1. The highest BCUT2D eigenvalue weighted by Crippen LogP contribution is 2.34. The summed E-state index contributed by atoms with van der Waals surface area (Å²) in [5.41, 5.74) is 3.98. The molecule has 1 aliphatic rings. The maximum absolute atomic E-state index is 13.2. The van der Waals surface area contributed by atoms with Gasteiger partial charge < -0.3 is 10.6 Å². The van der Waals surface area contributed by atoms with Gasteiger partial charge in [-0.15, -0.1) is 0 Å². The van der Waals surface area contributed by atoms with E-state index in [1.165, 1.54) is 6.33 Å². The van der Waals surface area contributed by atoms with Crippen LogP contribution in [-0.4, -0.2) is 25.7 Å². The number of para-hydroxylation sites is 1. The van der Waals surface area contributed by atoms with E-state index in [2.05, 4.69) is 25.7 Å². The van der Waals surface area contributed by atoms with E-state index in [1.54, 1.807) is 17.1 Å². The normalized spacial score (nSPS) is 16.0. The van der Waals surface area contributed by atoms with Gasteiger partial charge in [0, 0.05) is 23.8 Å². The molecule has 0 spiro atoms. The Labute approximate surface area is 150 Å². The monoisotopic (exact) mass is 346 g/mol. The molecule has 1 amide bonds. The third-order valence-corrected chi connectivity index (χ3v) is 4.43. The van der Waals surface area contributed by atoms with Crippen molar-refractivity contribution in [3.63, 3.8) is 0 Å². The fraction of sp³-hybridized carbons (Fsp3) is 0.158. The van der Waals surface area contributed by atoms with Gasteiger partial charge in [0.1, 0.15) is 12.4 Å². The Balaban J connectivity index is 1.77. The van der Waals surface area contributed by atoms with Gasteiger partial charge in [-0.05, 0) is 37.1 Å². The zero-order valence-corrected chi connectivity index (χ0v) is 14.5. The number of benzene rings is 1. The molecule has 0 radical (unpaired) electrons. The Hall–Kier alpha value is -3.48. The first kappa shape index (κ1) is 16.0. The van der Waals surface area contributed by atoms with Crippen molar-refractivity contribution in [1.29, 1.82) is 0 Å². The lowest BCUT2D eigenvalue weighted by Gasteiger charge is -2.28. The number of nitrogens with one attached hydrogen (secondary N) is 2. The molecule has 2 aromatic heterocycles. The Morgan fingerprint density at radius 1 is 1.19 bits per heavy atom. The highest BCUT2D eigenvalue weighted by atomic mass is 16.1. The lowest BCUT2D eigenvalue weighted by molar-refractivity contribution is -0.113. The van der Waals surface area contributed by atoms with Crippen LogP contribution >= 0.6 is 0 Å². The number of hydrogen-bond acceptors (Lipinski definition) is 5. The van der Waals surface area contributed by atoms with Crippen LogP contribution in [0, 0.1) is 6.92 Å². The smallest absolute Gasteiger partial charge is 0.255 e. The average molecular weight is 346 g/mol. The summed E-state index contributed by atoms with van der Waals surface area (Å²) in [5.74, 6) is 0.420. The Bertz CT molecular complexity index is 992. The van der Waals surface area contributed by atoms with Gasteiger partial charge in [0.2, 0.25) is 5.95 Å². The fourth-order valence-corrected chi connectivity index (χ4v) is 3.13. The molecule has 1 aromatic carbocycles. The largest absolute Gasteiger partial charge is 0.328 e. The van der Waals surface area contributed by atoms with Crippen LogP contribution in [0.3, 0.4) is 0 Å². The van der Waals surface area contributed by atoms with Crippen molar-refractivity contribution in [2.75, 3.05) is 10.6 Å². The summed E-state index contributed by atoms with van der Waals surface area (Å²) >= 11 is 0. The molecule has 2 N–H and O–H groups in total. The van der Waals surface area contributed by atoms with E-state index in [-0.39, 0.29) is 5.91 Å². The van der Waals surface area contributed by atoms with Crippen molar-refractivity contribution < 1.29 is 4.79 Å². The van der Waals surface area contributed by atoms with E-state index >= 15 is 0 Å². The molecule has 130 valence electrons. The molecule has 0 fully saturated rings. The second kappa shape index (κ2) is 6.44. The predicted octanol–water partition coefficient (Wildman–Crippen LogP) is 2.91. The third kappa shape index (κ3) is 2.73. The number of fused-ring (bicyclic) bond motifs is 1. The van der Waals surface area contributed by atoms with Gasteiger partial charge in [-0.3, -0.25) is 9.78 Å². The van der Waals surface area contributed by atoms with Crippen LogP contribution in [-0.2, 0) is 4.79 Å². The van der Waals surface area contributed by atoms with Gasteiger partial charge in [0.15, 0.2) is 0 Å². The Kier molecular flexibility index (Phi) is 3.96. The molecule has 1 aliphatic heterocycles. The minimum absolute atomic E-state index is 0.181. The summed E-state index contributed by atoms with van der Waals surface area (Å²) in [6, 6.07) is 11.1. The summed E-state index contributed by atoms with van der Waals surface area (Å²) in [6.45, 7) is 3.83. The van der Waals surface area contributed by atoms with Crippen LogP contribution in [0.2, 0.25) is 0 Å². The van der Waals surface area contributed by atoms with Crippen molar-refractivity contribution in [1.82, 2.24) is 19.7 Å². The van der Waals surface area contributed by atoms with Gasteiger partial charge in [-0.1, -0.05) is 24.3 Å². The lowest BCUT2D eigenvalue weighted by Crippen LogP contribution is -2.31. The maximum Gasteiger partial charge on any atom is 0.255 e. The summed E-state index contributed by atoms with van der Waals surface area (Å²) in [4.78, 5) is 21.6. The zero-order valence-electron chi connectivity index (χ0n) is 14.5. The van der Waals surface area contributed by atoms with Gasteiger partial charge in [0.05, 0.1) is 5.57 Å². The number of carbonyl (C=O) groups excluding carboxylic acids is 1. The van der Waals surface area contributed by atoms with E-state index in [0.29, 0.717) is 11.5 Å². The number of allylic oxidation sites excluding steroid dienone is 1. The maximum atomic E-state index is 13.2. The second-order valence-corrected chi connectivity index (χ2v) is 6.15. The van der Waals surface area contributed by atoms with Crippen molar-refractivity contribution in [3.05, 3.63) is 77.5 Å². The van der Waals surface area contributed by atoms with Gasteiger partial charge in [-0.25, -0.2) is 4.68 Å². The molecule has 3 aromatic rings. The Morgan fingerprint density at radius 3 is 2.81 bits per heavy atom. The van der Waals surface area contributed by atoms with Crippen molar-refractivity contribution >= 4 is 17.5 Å². The SMILES string of the molecule is CC1=C(C(=O)Nc2ccccc2C)[C@H](c2cccnc2)n2ncnc2N1. The van der Waals surface area contributed by atoms with Crippen LogP contribution in [0.1, 0.15) is 24.1 Å². The molecule has 0 aliphatic carbocycles. The third-order valence-electron chi connectivity index (χ3n) is 4.43. The first-order chi connectivity index (χ1) is 12.6. The number of pyridine rings is 1. The van der Waals surface area contributed by atoms with E-state index < -0.39 is 6.04 Å². The fourth-order valence-electron chi connectivity index (χ4n) is 3.13. The molecule has 0 saturated heterocycles. The van der Waals surface area contributed by atoms with Gasteiger partial charge in [0.25, 0.3) is 5.91 Å². The topological polar surface area (TPSA) is 84.7 Å². The quantitative estimate of drug-likeness (QED) is 0.762. The van der Waals surface area contributed by atoms with Crippen LogP contribution < -0.4 is 10.6 Å². The molecule has 0 bridgehead atoms. The molecule has 4 rings (SSSR count). The zero-order chi connectivity index (χ0) is 18.1. The molecule has 0 unspecified atom stereocenters. The number of anilines is 2. The number of aryl methyl sites for hydroxylation is 1. The summed E-state index contributed by atoms with van der Waals surface area (Å²) in [5, 5.41) is 10.5. The van der Waals surface area contributed by atoms with Crippen LogP contribution in [0.5, 0.6) is 0 Å². The highest BCUT2D eigenvalue weighted by molar-refractivity contribution is 6.06. The van der Waals surface area contributed by atoms with E-state index in [0.717, 1.165) is 22.5 Å². The van der Waals surface area contributed by atoms with Crippen LogP contribution in [0.15, 0.2) is 66.4 Å². The molecular weight excluding hydrogens is 328 g/mol. The van der Waals surface area contributed by atoms with E-state index in [4.69, 9.17) is 0 Å². The summed E-state index contributed by atoms with van der Waals surface area (Å²) in [6.07, 6.45) is 4.92. The number of amides is 1. The number of nitrogens with zero attached hydrogens (tertiary/aromatic N) is 4. The molecule has 7 heteroatoms. The molecular formula is C19H18N6O. The van der Waals surface area contributed by atoms with Gasteiger partial charge in [-0.2, -0.15) is 10.1 Å². The minimum Gasteiger partial charge on any atom is -0.328 e. The molecule has 7 nitrogen and oxygen atoms in total. The van der Waals surface area contributed by atoms with Crippen LogP contribution in [0.25, 0.3) is 0 Å². The number of aromatic nitrogens is 4. The summed E-state index contributed by atoms with van der Waals surface area (Å²) in [7, 11) is 0. The Morgan fingerprint density at radius 2 is 2.04 bits per heavy atom. The average Bonchev–Trinajstić information content (AvgIpc) is 3.11. The van der Waals surface area contributed by atoms with Crippen LogP contribution in [0.4, 0.5) is 11.6 Å². The van der Waals surface area contributed by atoms with E-state index in [1.807, 2.05) is 50.2 Å². The molecule has 26 heavy (non-hydrogen) atoms. The minimum atomic E-state index is -0.397. The first-order valence-corrected chi connectivity index (χ1v) is 8.29. The second-order valence-electron chi connectivity index (χ2n) is 6.15. The molecule has 1 atom stereocenters. The number of rotatable bonds is 3. The predicted molar refractivity (Wildman–Crippen MR) is 98.5 cm³/mol. The first-order valence-electron chi connectivity index (χ1n) is 8.29. The summed E-state index contributed by atoms with van der Waals surface area (Å²) < 4.78 is 1.71.